The molecule has 110 valence electrons. The summed E-state index contributed by atoms with van der Waals surface area (Å²) < 4.78 is 1.14. The molecule has 1 nitrogen and oxygen atoms in total. The van der Waals surface area contributed by atoms with Crippen LogP contribution >= 0.6 is 15.9 Å². The number of allylic oxidation sites excluding steroid dienone is 4. The maximum absolute atomic E-state index is 4.04. The molecule has 2 aliphatic carbocycles. The number of benzene rings is 1. The molecule has 0 spiro atoms. The van der Waals surface area contributed by atoms with Crippen molar-refractivity contribution in [3.63, 3.8) is 0 Å². The van der Waals surface area contributed by atoms with Crippen molar-refractivity contribution in [2.75, 3.05) is 0 Å². The van der Waals surface area contributed by atoms with Crippen LogP contribution in [0.4, 0.5) is 0 Å². The van der Waals surface area contributed by atoms with Gasteiger partial charge in [0.1, 0.15) is 0 Å². The van der Waals surface area contributed by atoms with Crippen molar-refractivity contribution in [1.82, 2.24) is 4.98 Å². The Bertz CT molecular complexity index is 661. The third kappa shape index (κ3) is 5.16. The second-order valence-electron chi connectivity index (χ2n) is 4.44. The quantitative estimate of drug-likeness (QED) is 0.365. The Morgan fingerprint density at radius 3 is 2.55 bits per heavy atom. The average Bonchev–Trinajstić information content (AvgIpc) is 3.09. The predicted octanol–water partition coefficient (Wildman–Crippen LogP) is -1.47. The van der Waals surface area contributed by atoms with E-state index in [1.54, 1.807) is 6.20 Å². The summed E-state index contributed by atoms with van der Waals surface area (Å²) in [5, 5.41) is 0. The summed E-state index contributed by atoms with van der Waals surface area (Å²) in [6, 6.07) is 8.43. The first-order valence-corrected chi connectivity index (χ1v) is 7.00. The van der Waals surface area contributed by atoms with Crippen LogP contribution in [-0.2, 0) is 32.6 Å². The summed E-state index contributed by atoms with van der Waals surface area (Å²) in [5.41, 5.74) is 5.12. The van der Waals surface area contributed by atoms with Crippen LogP contribution in [0, 0.1) is 12.3 Å². The standard InChI is InChI=1S/C12H7BrN.C5H5.2ClH.Zr/c13-10-1-2-11-9(6-10)5-8-3-4-14-7-12(8)11;1-2-4-5-3-1;;;/h1-4,6H,5H2;1-3H,4H2;2*1H;/q2*-1;;;+4/p-2. The van der Waals surface area contributed by atoms with Gasteiger partial charge in [0, 0.05) is 4.47 Å². The van der Waals surface area contributed by atoms with Crippen molar-refractivity contribution in [2.24, 2.45) is 0 Å². The van der Waals surface area contributed by atoms with Gasteiger partial charge in [-0.15, -0.1) is 23.6 Å². The Labute approximate surface area is 171 Å². The van der Waals surface area contributed by atoms with E-state index in [0.29, 0.717) is 0 Å². The molecular formula is C17H12BrCl2NZr. The van der Waals surface area contributed by atoms with Gasteiger partial charge in [0.25, 0.3) is 0 Å². The van der Waals surface area contributed by atoms with Crippen LogP contribution in [-0.4, -0.2) is 4.98 Å². The minimum absolute atomic E-state index is 0. The van der Waals surface area contributed by atoms with Gasteiger partial charge in [-0.3, -0.25) is 6.08 Å². The molecular weight excluding hydrogens is 460 g/mol. The Morgan fingerprint density at radius 2 is 1.91 bits per heavy atom. The molecule has 0 saturated heterocycles. The summed E-state index contributed by atoms with van der Waals surface area (Å²) in [6.07, 6.45) is 15.9. The Morgan fingerprint density at radius 1 is 1.09 bits per heavy atom. The first-order chi connectivity index (χ1) is 9.34. The molecule has 0 N–H and O–H groups in total. The molecule has 5 heteroatoms. The zero-order valence-corrected chi connectivity index (χ0v) is 17.2. The Balaban J connectivity index is 0.000000482. The zero-order valence-electron chi connectivity index (χ0n) is 11.6. The third-order valence-corrected chi connectivity index (χ3v) is 3.64. The van der Waals surface area contributed by atoms with E-state index in [0.717, 1.165) is 22.9 Å². The second-order valence-corrected chi connectivity index (χ2v) is 5.35. The molecule has 0 aliphatic heterocycles. The minimum Gasteiger partial charge on any atom is -1.00 e. The fourth-order valence-electron chi connectivity index (χ4n) is 2.26. The second kappa shape index (κ2) is 10.5. The molecule has 4 rings (SSSR count). The number of rotatable bonds is 0. The number of halogens is 3. The molecule has 0 bridgehead atoms. The van der Waals surface area contributed by atoms with Crippen molar-refractivity contribution in [3.8, 4) is 11.1 Å². The van der Waals surface area contributed by atoms with E-state index >= 15 is 0 Å². The van der Waals surface area contributed by atoms with E-state index in [2.05, 4.69) is 63.5 Å². The van der Waals surface area contributed by atoms with Crippen LogP contribution in [0.3, 0.4) is 0 Å². The monoisotopic (exact) mass is 469 g/mol. The fraction of sp³-hybridized carbons (Fsp3) is 0.118. The van der Waals surface area contributed by atoms with Gasteiger partial charge in [0.05, 0.1) is 0 Å². The molecule has 0 fully saturated rings. The largest absolute Gasteiger partial charge is 4.00 e. The van der Waals surface area contributed by atoms with Gasteiger partial charge in [0.15, 0.2) is 0 Å². The van der Waals surface area contributed by atoms with Gasteiger partial charge in [-0.05, 0) is 12.6 Å². The molecule has 0 unspecified atom stereocenters. The van der Waals surface area contributed by atoms with E-state index in [1.165, 1.54) is 16.7 Å². The third-order valence-electron chi connectivity index (χ3n) is 3.15. The van der Waals surface area contributed by atoms with E-state index in [9.17, 15) is 0 Å². The Kier molecular flexibility index (Phi) is 10.4. The van der Waals surface area contributed by atoms with Crippen molar-refractivity contribution < 1.29 is 51.0 Å². The zero-order chi connectivity index (χ0) is 13.1. The molecule has 2 aromatic rings. The van der Waals surface area contributed by atoms with Crippen LogP contribution in [0.2, 0.25) is 0 Å². The maximum Gasteiger partial charge on any atom is 4.00 e. The molecule has 2 aliphatic rings. The predicted molar refractivity (Wildman–Crippen MR) is 80.6 cm³/mol. The summed E-state index contributed by atoms with van der Waals surface area (Å²) in [7, 11) is 0. The topological polar surface area (TPSA) is 12.9 Å². The van der Waals surface area contributed by atoms with E-state index in [4.69, 9.17) is 0 Å². The molecule has 1 aromatic heterocycles. The molecule has 1 aromatic carbocycles. The van der Waals surface area contributed by atoms with Crippen molar-refractivity contribution >= 4 is 15.9 Å². The van der Waals surface area contributed by atoms with Crippen molar-refractivity contribution in [3.05, 3.63) is 76.6 Å². The van der Waals surface area contributed by atoms with Crippen LogP contribution in [0.5, 0.6) is 0 Å². The first-order valence-electron chi connectivity index (χ1n) is 6.21. The molecule has 0 radical (unpaired) electrons. The molecule has 0 amide bonds. The average molecular weight is 472 g/mol. The number of pyridine rings is 1. The molecule has 22 heavy (non-hydrogen) atoms. The number of fused-ring (bicyclic) bond motifs is 3. The van der Waals surface area contributed by atoms with E-state index < -0.39 is 0 Å². The van der Waals surface area contributed by atoms with E-state index in [-0.39, 0.29) is 51.0 Å². The van der Waals surface area contributed by atoms with Crippen LogP contribution in [0.1, 0.15) is 17.5 Å². The first kappa shape index (κ1) is 21.8. The van der Waals surface area contributed by atoms with Gasteiger partial charge >= 0.3 is 26.2 Å². The van der Waals surface area contributed by atoms with Gasteiger partial charge in [0.2, 0.25) is 0 Å². The Hall–Kier alpha value is -0.207. The van der Waals surface area contributed by atoms with Crippen molar-refractivity contribution in [1.29, 1.82) is 0 Å². The van der Waals surface area contributed by atoms with Crippen LogP contribution < -0.4 is 24.8 Å². The minimum atomic E-state index is 0. The maximum atomic E-state index is 4.04. The smallest absolute Gasteiger partial charge is 1.00 e. The summed E-state index contributed by atoms with van der Waals surface area (Å²) in [4.78, 5) is 4.04. The van der Waals surface area contributed by atoms with E-state index in [1.807, 2.05) is 12.2 Å². The summed E-state index contributed by atoms with van der Waals surface area (Å²) in [5.74, 6) is 0. The number of hydrogen-bond donors (Lipinski definition) is 0. The van der Waals surface area contributed by atoms with Crippen LogP contribution in [0.25, 0.3) is 11.1 Å². The van der Waals surface area contributed by atoms with Gasteiger partial charge in [-0.1, -0.05) is 51.5 Å². The van der Waals surface area contributed by atoms with Gasteiger partial charge in [-0.2, -0.15) is 6.08 Å². The molecule has 0 saturated carbocycles. The number of nitrogens with zero attached hydrogens (tertiary/aromatic N) is 1. The fourth-order valence-corrected chi connectivity index (χ4v) is 2.67. The summed E-state index contributed by atoms with van der Waals surface area (Å²) >= 11 is 3.48. The number of hydrogen-bond acceptors (Lipinski definition) is 1. The van der Waals surface area contributed by atoms with Crippen molar-refractivity contribution in [2.45, 2.75) is 12.8 Å². The normalized spacial score (nSPS) is 11.9. The SMILES string of the molecule is Brc1ccc2c(c1)Cc1ccn[c-]c1-2.[C-]1=CC=CC1.[Cl-].[Cl-].[Zr+4]. The molecule has 0 atom stereocenters. The summed E-state index contributed by atoms with van der Waals surface area (Å²) in [6.45, 7) is 0. The van der Waals surface area contributed by atoms with Gasteiger partial charge < -0.3 is 29.8 Å². The molecule has 1 heterocycles. The van der Waals surface area contributed by atoms with Gasteiger partial charge in [-0.25, -0.2) is 12.2 Å². The van der Waals surface area contributed by atoms with Crippen LogP contribution in [0.15, 0.2) is 53.2 Å². The number of aromatic nitrogens is 1.